The Kier molecular flexibility index (Phi) is 5.81. The SMILES string of the molecule is C#Cc1ccc2c(c1)[nH]c1c2c(=O)c2cc(OC)c(-c3cccc(S(=O)(=O)F)c3)cc2n1CCCC. The molecule has 2 aromatic heterocycles. The number of aromatic nitrogens is 2. The number of nitrogens with zero attached hydrogens (tertiary/aromatic N) is 1. The molecule has 2 heterocycles. The Morgan fingerprint density at radius 1 is 1.11 bits per heavy atom. The van der Waals surface area contributed by atoms with Crippen LogP contribution in [0.5, 0.6) is 5.75 Å². The molecule has 0 fully saturated rings. The number of aryl methyl sites for hydroxylation is 1. The molecule has 0 unspecified atom stereocenters. The zero-order valence-electron chi connectivity index (χ0n) is 19.8. The number of hydrogen-bond donors (Lipinski definition) is 1. The molecule has 1 N–H and O–H groups in total. The predicted octanol–water partition coefficient (Wildman–Crippen LogP) is 5.75. The Labute approximate surface area is 207 Å². The lowest BCUT2D eigenvalue weighted by Gasteiger charge is -2.16. The Balaban J connectivity index is 1.90. The number of terminal acetylenes is 1. The fourth-order valence-corrected chi connectivity index (χ4v) is 5.20. The largest absolute Gasteiger partial charge is 0.496 e. The molecule has 8 heteroatoms. The summed E-state index contributed by atoms with van der Waals surface area (Å²) < 4.78 is 44.4. The molecule has 0 amide bonds. The lowest BCUT2D eigenvalue weighted by atomic mass is 10.0. The molecule has 0 saturated heterocycles. The second kappa shape index (κ2) is 8.85. The minimum absolute atomic E-state index is 0.155. The van der Waals surface area contributed by atoms with Crippen LogP contribution in [0.3, 0.4) is 0 Å². The number of fused-ring (bicyclic) bond motifs is 4. The second-order valence-electron chi connectivity index (χ2n) is 8.62. The van der Waals surface area contributed by atoms with E-state index in [0.717, 1.165) is 23.7 Å². The van der Waals surface area contributed by atoms with Crippen LogP contribution in [0.2, 0.25) is 0 Å². The highest BCUT2D eigenvalue weighted by Gasteiger charge is 2.20. The number of nitrogens with one attached hydrogen (secondary N) is 1. The maximum Gasteiger partial charge on any atom is 0.332 e. The molecule has 182 valence electrons. The number of pyridine rings is 1. The third-order valence-electron chi connectivity index (χ3n) is 6.46. The highest BCUT2D eigenvalue weighted by molar-refractivity contribution is 7.86. The van der Waals surface area contributed by atoms with Gasteiger partial charge < -0.3 is 14.3 Å². The highest BCUT2D eigenvalue weighted by atomic mass is 32.3. The van der Waals surface area contributed by atoms with Crippen molar-refractivity contribution in [2.75, 3.05) is 7.11 Å². The maximum atomic E-state index is 13.8. The van der Waals surface area contributed by atoms with E-state index in [2.05, 4.69) is 22.4 Å². The van der Waals surface area contributed by atoms with E-state index in [9.17, 15) is 17.1 Å². The van der Waals surface area contributed by atoms with Gasteiger partial charge in [0, 0.05) is 28.6 Å². The molecule has 0 atom stereocenters. The maximum absolute atomic E-state index is 13.8. The quantitative estimate of drug-likeness (QED) is 0.237. The van der Waals surface area contributed by atoms with Crippen molar-refractivity contribution in [2.45, 2.75) is 31.2 Å². The van der Waals surface area contributed by atoms with Crippen molar-refractivity contribution in [3.8, 4) is 29.2 Å². The molecule has 0 aliphatic heterocycles. The smallest absolute Gasteiger partial charge is 0.332 e. The van der Waals surface area contributed by atoms with Gasteiger partial charge >= 0.3 is 10.2 Å². The van der Waals surface area contributed by atoms with Crippen molar-refractivity contribution in [2.24, 2.45) is 0 Å². The van der Waals surface area contributed by atoms with Crippen LogP contribution < -0.4 is 10.2 Å². The normalized spacial score (nSPS) is 11.8. The summed E-state index contributed by atoms with van der Waals surface area (Å²) in [5.74, 6) is 3.00. The standard InChI is InChI=1S/C28H23FN2O4S/c1-4-6-12-31-24-15-21(18-8-7-9-19(14-18)36(29,33)34)25(35-3)16-22(24)27(32)26-20-11-10-17(5-2)13-23(20)30-28(26)31/h2,7-11,13-16,30H,4,6,12H2,1,3H3. The molecular weight excluding hydrogens is 479 g/mol. The van der Waals surface area contributed by atoms with Gasteiger partial charge in [0.1, 0.15) is 11.4 Å². The van der Waals surface area contributed by atoms with Gasteiger partial charge in [0.2, 0.25) is 0 Å². The fraction of sp³-hybridized carbons (Fsp3) is 0.179. The Bertz CT molecular complexity index is 1880. The molecule has 36 heavy (non-hydrogen) atoms. The predicted molar refractivity (Wildman–Crippen MR) is 141 cm³/mol. The van der Waals surface area contributed by atoms with Crippen molar-refractivity contribution >= 4 is 43.1 Å². The van der Waals surface area contributed by atoms with Crippen molar-refractivity contribution in [1.82, 2.24) is 9.55 Å². The molecular formula is C28H23FN2O4S. The van der Waals surface area contributed by atoms with E-state index < -0.39 is 15.1 Å². The van der Waals surface area contributed by atoms with E-state index in [0.29, 0.717) is 50.9 Å². The first kappa shape index (κ1) is 23.6. The van der Waals surface area contributed by atoms with Crippen molar-refractivity contribution in [3.05, 3.63) is 70.4 Å². The van der Waals surface area contributed by atoms with Crippen LogP contribution in [0.4, 0.5) is 3.89 Å². The zero-order valence-corrected chi connectivity index (χ0v) is 20.6. The van der Waals surface area contributed by atoms with E-state index in [1.807, 2.05) is 18.2 Å². The van der Waals surface area contributed by atoms with Gasteiger partial charge in [-0.25, -0.2) is 0 Å². The van der Waals surface area contributed by atoms with E-state index >= 15 is 0 Å². The number of H-pyrrole nitrogens is 1. The molecule has 0 aliphatic rings. The van der Waals surface area contributed by atoms with Gasteiger partial charge in [-0.15, -0.1) is 10.3 Å². The number of halogens is 1. The van der Waals surface area contributed by atoms with E-state index in [-0.39, 0.29) is 5.43 Å². The lowest BCUT2D eigenvalue weighted by molar-refractivity contribution is 0.417. The number of rotatable bonds is 6. The molecule has 0 saturated carbocycles. The van der Waals surface area contributed by atoms with Crippen LogP contribution >= 0.6 is 0 Å². The summed E-state index contributed by atoms with van der Waals surface area (Å²) in [6.45, 7) is 2.73. The number of aromatic amines is 1. The molecule has 0 bridgehead atoms. The van der Waals surface area contributed by atoms with Crippen molar-refractivity contribution in [1.29, 1.82) is 0 Å². The van der Waals surface area contributed by atoms with Crippen LogP contribution in [0.25, 0.3) is 44.0 Å². The summed E-state index contributed by atoms with van der Waals surface area (Å²) in [6, 6.07) is 14.6. The second-order valence-corrected chi connectivity index (χ2v) is 9.97. The monoisotopic (exact) mass is 502 g/mol. The third-order valence-corrected chi connectivity index (χ3v) is 7.27. The topological polar surface area (TPSA) is 81.2 Å². The Hall–Kier alpha value is -4.09. The van der Waals surface area contributed by atoms with Crippen LogP contribution in [0, 0.1) is 12.3 Å². The molecule has 5 aromatic rings. The first-order valence-electron chi connectivity index (χ1n) is 11.5. The minimum Gasteiger partial charge on any atom is -0.496 e. The summed E-state index contributed by atoms with van der Waals surface area (Å²) in [5.41, 5.74) is 3.67. The molecule has 0 aliphatic carbocycles. The van der Waals surface area contributed by atoms with Crippen molar-refractivity contribution < 1.29 is 17.0 Å². The molecule has 6 nitrogen and oxygen atoms in total. The van der Waals surface area contributed by atoms with Gasteiger partial charge in [-0.05, 0) is 48.4 Å². The number of methoxy groups -OCH3 is 1. The van der Waals surface area contributed by atoms with Gasteiger partial charge in [-0.2, -0.15) is 8.42 Å². The van der Waals surface area contributed by atoms with Gasteiger partial charge in [0.05, 0.1) is 28.3 Å². The Morgan fingerprint density at radius 2 is 1.92 bits per heavy atom. The van der Waals surface area contributed by atoms with Crippen LogP contribution in [-0.2, 0) is 16.8 Å². The van der Waals surface area contributed by atoms with Gasteiger partial charge in [0.25, 0.3) is 0 Å². The fourth-order valence-electron chi connectivity index (χ4n) is 4.69. The van der Waals surface area contributed by atoms with E-state index in [1.54, 1.807) is 18.2 Å². The molecule has 3 aromatic carbocycles. The van der Waals surface area contributed by atoms with Gasteiger partial charge in [-0.1, -0.05) is 37.5 Å². The number of ether oxygens (including phenoxy) is 1. The average Bonchev–Trinajstić information content (AvgIpc) is 3.26. The third kappa shape index (κ3) is 3.82. The first-order chi connectivity index (χ1) is 17.3. The van der Waals surface area contributed by atoms with E-state index in [1.165, 1.54) is 25.3 Å². The number of unbranched alkanes of at least 4 members (excludes halogenated alkanes) is 1. The summed E-state index contributed by atoms with van der Waals surface area (Å²) in [4.78, 5) is 16.7. The zero-order chi connectivity index (χ0) is 25.6. The lowest BCUT2D eigenvalue weighted by Crippen LogP contribution is -2.12. The molecule has 0 radical (unpaired) electrons. The summed E-state index contributed by atoms with van der Waals surface area (Å²) in [7, 11) is -3.41. The van der Waals surface area contributed by atoms with Gasteiger partial charge in [-0.3, -0.25) is 4.79 Å². The summed E-state index contributed by atoms with van der Waals surface area (Å²) >= 11 is 0. The van der Waals surface area contributed by atoms with Crippen LogP contribution in [0.1, 0.15) is 25.3 Å². The van der Waals surface area contributed by atoms with Crippen LogP contribution in [-0.4, -0.2) is 25.1 Å². The van der Waals surface area contributed by atoms with E-state index in [4.69, 9.17) is 11.2 Å². The minimum atomic E-state index is -4.89. The van der Waals surface area contributed by atoms with Crippen molar-refractivity contribution in [3.63, 3.8) is 0 Å². The van der Waals surface area contributed by atoms with Crippen LogP contribution in [0.15, 0.2) is 64.3 Å². The molecule has 5 rings (SSSR count). The number of benzene rings is 3. The number of hydrogen-bond acceptors (Lipinski definition) is 4. The summed E-state index contributed by atoms with van der Waals surface area (Å²) in [5, 5.41) is 1.82. The first-order valence-corrected chi connectivity index (χ1v) is 12.9. The molecule has 0 spiro atoms. The highest BCUT2D eigenvalue weighted by Crippen LogP contribution is 2.36. The van der Waals surface area contributed by atoms with Gasteiger partial charge in [0.15, 0.2) is 5.43 Å². The average molecular weight is 503 g/mol. The summed E-state index contributed by atoms with van der Waals surface area (Å²) in [6.07, 6.45) is 7.39. The Morgan fingerprint density at radius 3 is 2.61 bits per heavy atom.